The van der Waals surface area contributed by atoms with Crippen LogP contribution in [-0.4, -0.2) is 23.4 Å². The van der Waals surface area contributed by atoms with Gasteiger partial charge in [0.05, 0.1) is 18.1 Å². The second-order valence-electron chi connectivity index (χ2n) is 4.70. The normalized spacial score (nSPS) is 10.3. The van der Waals surface area contributed by atoms with E-state index >= 15 is 0 Å². The van der Waals surface area contributed by atoms with Crippen molar-refractivity contribution < 1.29 is 9.18 Å². The minimum atomic E-state index is -0.554. The summed E-state index contributed by atoms with van der Waals surface area (Å²) in [6.07, 6.45) is 0.215. The maximum atomic E-state index is 14.0. The number of nitrogens with zero attached hydrogens (tertiary/aromatic N) is 2. The molecule has 19 heavy (non-hydrogen) atoms. The Morgan fingerprint density at radius 2 is 2.16 bits per heavy atom. The van der Waals surface area contributed by atoms with Crippen LogP contribution in [0, 0.1) is 24.1 Å². The smallest absolute Gasteiger partial charge is 0.257 e. The molecule has 0 atom stereocenters. The number of hydrogen-bond acceptors (Lipinski definition) is 3. The summed E-state index contributed by atoms with van der Waals surface area (Å²) in [5.41, 5.74) is 6.31. The van der Waals surface area contributed by atoms with Gasteiger partial charge in [0.15, 0.2) is 0 Å². The van der Waals surface area contributed by atoms with Crippen molar-refractivity contribution >= 4 is 11.6 Å². The highest BCUT2D eigenvalue weighted by Gasteiger charge is 2.22. The van der Waals surface area contributed by atoms with Gasteiger partial charge in [-0.1, -0.05) is 0 Å². The molecule has 5 heteroatoms. The molecule has 0 heterocycles. The first kappa shape index (κ1) is 15.0. The molecule has 0 unspecified atom stereocenters. The Morgan fingerprint density at radius 1 is 1.53 bits per heavy atom. The van der Waals surface area contributed by atoms with Gasteiger partial charge in [-0.3, -0.25) is 4.79 Å². The monoisotopic (exact) mass is 263 g/mol. The van der Waals surface area contributed by atoms with Crippen molar-refractivity contribution in [1.29, 1.82) is 5.26 Å². The van der Waals surface area contributed by atoms with Gasteiger partial charge < -0.3 is 10.6 Å². The molecule has 0 aliphatic carbocycles. The summed E-state index contributed by atoms with van der Waals surface area (Å²) in [6, 6.07) is 4.70. The topological polar surface area (TPSA) is 70.1 Å². The molecule has 2 N–H and O–H groups in total. The maximum absolute atomic E-state index is 14.0. The molecule has 1 amide bonds. The molecule has 4 nitrogen and oxygen atoms in total. The van der Waals surface area contributed by atoms with Crippen molar-refractivity contribution in [2.75, 3.05) is 12.3 Å². The van der Waals surface area contributed by atoms with E-state index in [2.05, 4.69) is 0 Å². The van der Waals surface area contributed by atoms with Crippen LogP contribution >= 0.6 is 0 Å². The Hall–Kier alpha value is -2.09. The van der Waals surface area contributed by atoms with Gasteiger partial charge in [0.25, 0.3) is 5.91 Å². The van der Waals surface area contributed by atoms with E-state index in [0.717, 1.165) is 0 Å². The first-order chi connectivity index (χ1) is 8.88. The van der Waals surface area contributed by atoms with E-state index in [1.807, 2.05) is 19.9 Å². The van der Waals surface area contributed by atoms with Crippen LogP contribution in [0.1, 0.15) is 36.2 Å². The van der Waals surface area contributed by atoms with Crippen molar-refractivity contribution in [3.8, 4) is 6.07 Å². The Labute approximate surface area is 112 Å². The molecule has 0 aromatic heterocycles. The molecule has 0 aliphatic heterocycles. The molecule has 1 aromatic rings. The highest BCUT2D eigenvalue weighted by molar-refractivity contribution is 5.95. The van der Waals surface area contributed by atoms with Gasteiger partial charge in [-0.25, -0.2) is 4.39 Å². The van der Waals surface area contributed by atoms with Crippen molar-refractivity contribution in [1.82, 2.24) is 4.90 Å². The van der Waals surface area contributed by atoms with E-state index < -0.39 is 11.7 Å². The lowest BCUT2D eigenvalue weighted by atomic mass is 10.1. The molecule has 0 bridgehead atoms. The number of aryl methyl sites for hydroxylation is 1. The van der Waals surface area contributed by atoms with Crippen LogP contribution in [0.15, 0.2) is 12.1 Å². The third-order valence-electron chi connectivity index (χ3n) is 2.86. The Morgan fingerprint density at radius 3 is 2.68 bits per heavy atom. The van der Waals surface area contributed by atoms with E-state index in [1.165, 1.54) is 17.0 Å². The molecule has 0 saturated heterocycles. The number of carbonyl (C=O) groups excluding carboxylic acids is 1. The van der Waals surface area contributed by atoms with Gasteiger partial charge in [-0.2, -0.15) is 5.26 Å². The first-order valence-electron chi connectivity index (χ1n) is 6.12. The summed E-state index contributed by atoms with van der Waals surface area (Å²) in [5, 5.41) is 8.61. The lowest BCUT2D eigenvalue weighted by molar-refractivity contribution is 0.0705. The first-order valence-corrected chi connectivity index (χ1v) is 6.12. The molecule has 0 spiro atoms. The number of benzene rings is 1. The predicted molar refractivity (Wildman–Crippen MR) is 72.0 cm³/mol. The van der Waals surface area contributed by atoms with Crippen molar-refractivity contribution in [3.05, 3.63) is 29.1 Å². The van der Waals surface area contributed by atoms with Gasteiger partial charge in [0.2, 0.25) is 0 Å². The van der Waals surface area contributed by atoms with Gasteiger partial charge in [0.1, 0.15) is 5.82 Å². The van der Waals surface area contributed by atoms with Gasteiger partial charge in [-0.05, 0) is 38.5 Å². The Balaban J connectivity index is 3.13. The summed E-state index contributed by atoms with van der Waals surface area (Å²) >= 11 is 0. The standard InChI is InChI=1S/C14H18FN3O/c1-9(2)18(6-4-5-16)14(19)12-8-11(17)7-10(3)13(12)15/h7-9H,4,6,17H2,1-3H3. The summed E-state index contributed by atoms with van der Waals surface area (Å²) in [6.45, 7) is 5.50. The maximum Gasteiger partial charge on any atom is 0.257 e. The highest BCUT2D eigenvalue weighted by atomic mass is 19.1. The summed E-state index contributed by atoms with van der Waals surface area (Å²) in [4.78, 5) is 13.8. The molecule has 102 valence electrons. The summed E-state index contributed by atoms with van der Waals surface area (Å²) in [7, 11) is 0. The molecule has 0 aliphatic rings. The number of rotatable bonds is 4. The van der Waals surface area contributed by atoms with Gasteiger partial charge >= 0.3 is 0 Å². The van der Waals surface area contributed by atoms with Crippen molar-refractivity contribution in [2.45, 2.75) is 33.2 Å². The molecule has 1 aromatic carbocycles. The number of nitrogen functional groups attached to an aromatic ring is 1. The van der Waals surface area contributed by atoms with Crippen LogP contribution < -0.4 is 5.73 Å². The van der Waals surface area contributed by atoms with E-state index in [0.29, 0.717) is 11.3 Å². The zero-order valence-electron chi connectivity index (χ0n) is 11.4. The number of nitriles is 1. The quantitative estimate of drug-likeness (QED) is 0.848. The number of amides is 1. The SMILES string of the molecule is Cc1cc(N)cc(C(=O)N(CCC#N)C(C)C)c1F. The lowest BCUT2D eigenvalue weighted by Gasteiger charge is -2.26. The molecular weight excluding hydrogens is 245 g/mol. The van der Waals surface area contributed by atoms with Crippen LogP contribution in [0.5, 0.6) is 0 Å². The zero-order chi connectivity index (χ0) is 14.6. The van der Waals surface area contributed by atoms with Crippen LogP contribution in [0.3, 0.4) is 0 Å². The van der Waals surface area contributed by atoms with Crippen LogP contribution in [0.25, 0.3) is 0 Å². The van der Waals surface area contributed by atoms with E-state index in [1.54, 1.807) is 6.92 Å². The predicted octanol–water partition coefficient (Wildman–Crippen LogP) is 2.48. The van der Waals surface area contributed by atoms with E-state index in [4.69, 9.17) is 11.0 Å². The molecule has 1 rings (SSSR count). The molecule has 0 saturated carbocycles. The Kier molecular flexibility index (Phi) is 4.87. The highest BCUT2D eigenvalue weighted by Crippen LogP contribution is 2.20. The largest absolute Gasteiger partial charge is 0.399 e. The molecular formula is C14H18FN3O. The average molecular weight is 263 g/mol. The third-order valence-corrected chi connectivity index (χ3v) is 2.86. The van der Waals surface area contributed by atoms with Crippen LogP contribution in [0.2, 0.25) is 0 Å². The van der Waals surface area contributed by atoms with Gasteiger partial charge in [-0.15, -0.1) is 0 Å². The second kappa shape index (κ2) is 6.19. The third kappa shape index (κ3) is 3.44. The fourth-order valence-electron chi connectivity index (χ4n) is 1.87. The Bertz CT molecular complexity index is 520. The zero-order valence-corrected chi connectivity index (χ0v) is 11.4. The summed E-state index contributed by atoms with van der Waals surface area (Å²) < 4.78 is 14.0. The fraction of sp³-hybridized carbons (Fsp3) is 0.429. The van der Waals surface area contributed by atoms with Crippen molar-refractivity contribution in [3.63, 3.8) is 0 Å². The number of halogens is 1. The minimum absolute atomic E-state index is 0.0378. The fourth-order valence-corrected chi connectivity index (χ4v) is 1.87. The number of nitrogens with two attached hydrogens (primary N) is 1. The minimum Gasteiger partial charge on any atom is -0.399 e. The van der Waals surface area contributed by atoms with Crippen LogP contribution in [-0.2, 0) is 0 Å². The number of carbonyl (C=O) groups is 1. The van der Waals surface area contributed by atoms with Crippen molar-refractivity contribution in [2.24, 2.45) is 0 Å². The number of hydrogen-bond donors (Lipinski definition) is 1. The van der Waals surface area contributed by atoms with E-state index in [9.17, 15) is 9.18 Å². The lowest BCUT2D eigenvalue weighted by Crippen LogP contribution is -2.38. The summed E-state index contributed by atoms with van der Waals surface area (Å²) in [5.74, 6) is -0.986. The number of anilines is 1. The average Bonchev–Trinajstić information content (AvgIpc) is 2.33. The molecule has 0 fully saturated rings. The van der Waals surface area contributed by atoms with Crippen LogP contribution in [0.4, 0.5) is 10.1 Å². The molecule has 0 radical (unpaired) electrons. The second-order valence-corrected chi connectivity index (χ2v) is 4.70. The van der Waals surface area contributed by atoms with Gasteiger partial charge in [0, 0.05) is 18.3 Å². The van der Waals surface area contributed by atoms with E-state index in [-0.39, 0.29) is 24.6 Å².